The highest BCUT2D eigenvalue weighted by Gasteiger charge is 2.46. The maximum atomic E-state index is 13.1. The van der Waals surface area contributed by atoms with E-state index in [1.54, 1.807) is 6.07 Å². The molecule has 0 aromatic heterocycles. The van der Waals surface area contributed by atoms with Crippen molar-refractivity contribution in [2.24, 2.45) is 5.92 Å². The lowest BCUT2D eigenvalue weighted by Gasteiger charge is -2.37. The molecule has 2 atom stereocenters. The Hall–Kier alpha value is -1.10. The minimum atomic E-state index is -4.27. The number of benzene rings is 1. The first-order valence-corrected chi connectivity index (χ1v) is 6.32. The molecule has 0 heterocycles. The topological polar surface area (TPSA) is 20.2 Å². The lowest BCUT2D eigenvalue weighted by atomic mass is 9.75. The summed E-state index contributed by atoms with van der Waals surface area (Å²) in [7, 11) is 0. The van der Waals surface area contributed by atoms with E-state index in [0.29, 0.717) is 18.4 Å². The Kier molecular flexibility index (Phi) is 3.85. The summed E-state index contributed by atoms with van der Waals surface area (Å²) in [5.41, 5.74) is -0.850. The van der Waals surface area contributed by atoms with E-state index in [2.05, 4.69) is 0 Å². The molecule has 1 aliphatic rings. The molecule has 0 aliphatic heterocycles. The average Bonchev–Trinajstić information content (AvgIpc) is 2.27. The van der Waals surface area contributed by atoms with Crippen LogP contribution in [0.5, 0.6) is 0 Å². The van der Waals surface area contributed by atoms with Gasteiger partial charge in [-0.3, -0.25) is 0 Å². The lowest BCUT2D eigenvalue weighted by molar-refractivity contribution is -0.200. The summed E-state index contributed by atoms with van der Waals surface area (Å²) in [6.45, 7) is 0. The number of alkyl halides is 3. The molecular formula is C14H16F4O. The van der Waals surface area contributed by atoms with E-state index < -0.39 is 23.5 Å². The van der Waals surface area contributed by atoms with Gasteiger partial charge in [0, 0.05) is 6.42 Å². The van der Waals surface area contributed by atoms with E-state index in [9.17, 15) is 22.7 Å². The molecule has 19 heavy (non-hydrogen) atoms. The summed E-state index contributed by atoms with van der Waals surface area (Å²) in [6.07, 6.45) is -3.76. The van der Waals surface area contributed by atoms with Crippen LogP contribution in [-0.4, -0.2) is 16.9 Å². The summed E-state index contributed by atoms with van der Waals surface area (Å²) in [5, 5.41) is 10.3. The first kappa shape index (κ1) is 14.3. The number of hydrogen-bond donors (Lipinski definition) is 1. The van der Waals surface area contributed by atoms with Crippen molar-refractivity contribution in [3.05, 3.63) is 35.6 Å². The Balaban J connectivity index is 2.10. The van der Waals surface area contributed by atoms with Gasteiger partial charge in [-0.15, -0.1) is 0 Å². The van der Waals surface area contributed by atoms with E-state index in [1.807, 2.05) is 0 Å². The first-order chi connectivity index (χ1) is 8.78. The van der Waals surface area contributed by atoms with E-state index in [0.717, 1.165) is 0 Å². The molecule has 0 amide bonds. The van der Waals surface area contributed by atoms with Crippen LogP contribution in [0.4, 0.5) is 17.6 Å². The molecule has 0 radical (unpaired) electrons. The summed E-state index contributed by atoms with van der Waals surface area (Å²) < 4.78 is 51.2. The van der Waals surface area contributed by atoms with Gasteiger partial charge in [0.25, 0.3) is 0 Å². The third kappa shape index (κ3) is 3.69. The van der Waals surface area contributed by atoms with E-state index in [4.69, 9.17) is 0 Å². The molecule has 106 valence electrons. The lowest BCUT2D eigenvalue weighted by Crippen LogP contribution is -2.41. The Morgan fingerprint density at radius 1 is 1.32 bits per heavy atom. The summed E-state index contributed by atoms with van der Waals surface area (Å²) in [4.78, 5) is 0. The van der Waals surface area contributed by atoms with Crippen molar-refractivity contribution in [2.75, 3.05) is 0 Å². The van der Waals surface area contributed by atoms with Gasteiger partial charge < -0.3 is 5.11 Å². The Morgan fingerprint density at radius 2 is 2.05 bits per heavy atom. The molecular weight excluding hydrogens is 260 g/mol. The second-order valence-corrected chi connectivity index (χ2v) is 5.37. The molecule has 0 bridgehead atoms. The molecule has 2 unspecified atom stereocenters. The van der Waals surface area contributed by atoms with E-state index in [1.165, 1.54) is 18.2 Å². The molecule has 0 spiro atoms. The number of aliphatic hydroxyl groups is 1. The van der Waals surface area contributed by atoms with Crippen LogP contribution in [0.3, 0.4) is 0 Å². The molecule has 1 aromatic carbocycles. The minimum Gasteiger partial charge on any atom is -0.390 e. The van der Waals surface area contributed by atoms with E-state index >= 15 is 0 Å². The highest BCUT2D eigenvalue weighted by Crippen LogP contribution is 2.42. The van der Waals surface area contributed by atoms with Crippen LogP contribution >= 0.6 is 0 Å². The predicted molar refractivity (Wildman–Crippen MR) is 63.1 cm³/mol. The van der Waals surface area contributed by atoms with Gasteiger partial charge in [-0.25, -0.2) is 4.39 Å². The van der Waals surface area contributed by atoms with Gasteiger partial charge >= 0.3 is 6.18 Å². The second kappa shape index (κ2) is 5.12. The van der Waals surface area contributed by atoms with Crippen LogP contribution < -0.4 is 0 Å². The summed E-state index contributed by atoms with van der Waals surface area (Å²) in [5.74, 6) is -1.90. The van der Waals surface area contributed by atoms with Gasteiger partial charge in [-0.05, 0) is 43.4 Å². The molecule has 2 rings (SSSR count). The zero-order chi connectivity index (χ0) is 14.1. The zero-order valence-electron chi connectivity index (χ0n) is 10.4. The molecule has 5 heteroatoms. The highest BCUT2D eigenvalue weighted by molar-refractivity contribution is 5.18. The zero-order valence-corrected chi connectivity index (χ0v) is 10.4. The monoisotopic (exact) mass is 276 g/mol. The first-order valence-electron chi connectivity index (χ1n) is 6.32. The highest BCUT2D eigenvalue weighted by atomic mass is 19.4. The third-order valence-corrected chi connectivity index (χ3v) is 3.71. The van der Waals surface area contributed by atoms with Gasteiger partial charge in [-0.2, -0.15) is 13.2 Å². The van der Waals surface area contributed by atoms with Crippen molar-refractivity contribution in [1.82, 2.24) is 0 Å². The van der Waals surface area contributed by atoms with Crippen molar-refractivity contribution < 1.29 is 22.7 Å². The maximum Gasteiger partial charge on any atom is 0.391 e. The van der Waals surface area contributed by atoms with Gasteiger partial charge in [0.15, 0.2) is 0 Å². The fourth-order valence-corrected chi connectivity index (χ4v) is 2.81. The Morgan fingerprint density at radius 3 is 2.68 bits per heavy atom. The fourth-order valence-electron chi connectivity index (χ4n) is 2.81. The number of halogens is 4. The van der Waals surface area contributed by atoms with Crippen LogP contribution in [-0.2, 0) is 6.42 Å². The van der Waals surface area contributed by atoms with Crippen LogP contribution in [0.15, 0.2) is 24.3 Å². The Labute approximate surface area is 109 Å². The normalized spacial score (nSPS) is 28.4. The third-order valence-electron chi connectivity index (χ3n) is 3.71. The van der Waals surface area contributed by atoms with Crippen LogP contribution in [0.2, 0.25) is 0 Å². The molecule has 0 saturated heterocycles. The fraction of sp³-hybridized carbons (Fsp3) is 0.571. The number of rotatable bonds is 2. The summed E-state index contributed by atoms with van der Waals surface area (Å²) in [6, 6.07) is 5.65. The number of hydrogen-bond acceptors (Lipinski definition) is 1. The largest absolute Gasteiger partial charge is 0.391 e. The SMILES string of the molecule is OC1(Cc2cccc(F)c2)CCCC(C(F)(F)F)C1. The quantitative estimate of drug-likeness (QED) is 0.813. The van der Waals surface area contributed by atoms with Crippen LogP contribution in [0.1, 0.15) is 31.2 Å². The molecule has 1 N–H and O–H groups in total. The minimum absolute atomic E-state index is 0.0644. The maximum absolute atomic E-state index is 13.1. The standard InChI is InChI=1S/C14H16F4O/c15-12-5-1-3-10(7-12)8-13(19)6-2-4-11(9-13)14(16,17)18/h1,3,5,7,11,19H,2,4,6,8-9H2. The molecule has 1 saturated carbocycles. The molecule has 1 aliphatic carbocycles. The van der Waals surface area contributed by atoms with Gasteiger partial charge in [0.1, 0.15) is 5.82 Å². The predicted octanol–water partition coefficient (Wildman–Crippen LogP) is 3.85. The van der Waals surface area contributed by atoms with Gasteiger partial charge in [0.05, 0.1) is 11.5 Å². The van der Waals surface area contributed by atoms with E-state index in [-0.39, 0.29) is 19.3 Å². The van der Waals surface area contributed by atoms with Crippen LogP contribution in [0.25, 0.3) is 0 Å². The Bertz CT molecular complexity index is 443. The van der Waals surface area contributed by atoms with Crippen molar-refractivity contribution in [3.63, 3.8) is 0 Å². The van der Waals surface area contributed by atoms with Crippen molar-refractivity contribution in [1.29, 1.82) is 0 Å². The van der Waals surface area contributed by atoms with Gasteiger partial charge in [-0.1, -0.05) is 12.1 Å². The smallest absolute Gasteiger partial charge is 0.390 e. The molecule has 1 fully saturated rings. The van der Waals surface area contributed by atoms with Gasteiger partial charge in [0.2, 0.25) is 0 Å². The average molecular weight is 276 g/mol. The molecule has 1 nitrogen and oxygen atoms in total. The van der Waals surface area contributed by atoms with Crippen molar-refractivity contribution in [2.45, 2.75) is 43.9 Å². The molecule has 1 aromatic rings. The van der Waals surface area contributed by atoms with Crippen molar-refractivity contribution >= 4 is 0 Å². The second-order valence-electron chi connectivity index (χ2n) is 5.37. The summed E-state index contributed by atoms with van der Waals surface area (Å²) >= 11 is 0. The van der Waals surface area contributed by atoms with Crippen molar-refractivity contribution in [3.8, 4) is 0 Å². The van der Waals surface area contributed by atoms with Crippen LogP contribution in [0, 0.1) is 11.7 Å².